The summed E-state index contributed by atoms with van der Waals surface area (Å²) < 4.78 is 0. The standard InChI is InChI=1S/C9H15ClN2O2/c1-3-12(7-4-5-7)9(14)11-8(13)6(2)10/h6-7H,3-5H2,1-2H3,(H,11,13,14). The van der Waals surface area contributed by atoms with Crippen molar-refractivity contribution in [3.8, 4) is 0 Å². The first-order valence-electron chi connectivity index (χ1n) is 4.81. The predicted molar refractivity (Wildman–Crippen MR) is 54.3 cm³/mol. The Balaban J connectivity index is 2.43. The van der Waals surface area contributed by atoms with Crippen LogP contribution in [0.2, 0.25) is 0 Å². The Morgan fingerprint density at radius 2 is 2.14 bits per heavy atom. The molecule has 3 amide bonds. The Hall–Kier alpha value is -0.770. The van der Waals surface area contributed by atoms with Gasteiger partial charge in [0, 0.05) is 12.6 Å². The number of carbonyl (C=O) groups is 2. The zero-order chi connectivity index (χ0) is 10.7. The lowest BCUT2D eigenvalue weighted by Gasteiger charge is -2.20. The highest BCUT2D eigenvalue weighted by atomic mass is 35.5. The highest BCUT2D eigenvalue weighted by molar-refractivity contribution is 6.31. The number of nitrogens with zero attached hydrogens (tertiary/aromatic N) is 1. The van der Waals surface area contributed by atoms with E-state index in [1.807, 2.05) is 6.92 Å². The summed E-state index contributed by atoms with van der Waals surface area (Å²) in [7, 11) is 0. The van der Waals surface area contributed by atoms with E-state index in [0.717, 1.165) is 12.8 Å². The molecule has 0 aromatic carbocycles. The topological polar surface area (TPSA) is 49.4 Å². The zero-order valence-electron chi connectivity index (χ0n) is 8.42. The Morgan fingerprint density at radius 1 is 1.57 bits per heavy atom. The fourth-order valence-corrected chi connectivity index (χ4v) is 1.29. The Bertz CT molecular complexity index is 239. The monoisotopic (exact) mass is 218 g/mol. The van der Waals surface area contributed by atoms with E-state index in [9.17, 15) is 9.59 Å². The second-order valence-corrected chi connectivity index (χ2v) is 4.08. The summed E-state index contributed by atoms with van der Waals surface area (Å²) in [5.74, 6) is -0.434. The normalized spacial score (nSPS) is 17.4. The van der Waals surface area contributed by atoms with E-state index in [2.05, 4.69) is 5.32 Å². The van der Waals surface area contributed by atoms with Gasteiger partial charge in [-0.1, -0.05) is 0 Å². The maximum absolute atomic E-state index is 11.5. The van der Waals surface area contributed by atoms with Gasteiger partial charge in [-0.15, -0.1) is 11.6 Å². The molecule has 1 unspecified atom stereocenters. The van der Waals surface area contributed by atoms with Crippen molar-refractivity contribution in [3.63, 3.8) is 0 Å². The van der Waals surface area contributed by atoms with Crippen LogP contribution >= 0.6 is 11.6 Å². The van der Waals surface area contributed by atoms with Gasteiger partial charge in [0.25, 0.3) is 0 Å². The van der Waals surface area contributed by atoms with Crippen LogP contribution in [0.4, 0.5) is 4.79 Å². The first-order valence-corrected chi connectivity index (χ1v) is 5.25. The van der Waals surface area contributed by atoms with Crippen molar-refractivity contribution in [2.75, 3.05) is 6.54 Å². The molecule has 0 radical (unpaired) electrons. The summed E-state index contributed by atoms with van der Waals surface area (Å²) in [6.07, 6.45) is 2.07. The number of nitrogens with one attached hydrogen (secondary N) is 1. The molecule has 1 rings (SSSR count). The van der Waals surface area contributed by atoms with Crippen molar-refractivity contribution < 1.29 is 9.59 Å². The van der Waals surface area contributed by atoms with E-state index >= 15 is 0 Å². The largest absolute Gasteiger partial charge is 0.324 e. The van der Waals surface area contributed by atoms with Gasteiger partial charge in [0.1, 0.15) is 5.38 Å². The van der Waals surface area contributed by atoms with Crippen molar-refractivity contribution >= 4 is 23.5 Å². The second-order valence-electron chi connectivity index (χ2n) is 3.43. The third kappa shape index (κ3) is 2.87. The SMILES string of the molecule is CCN(C(=O)NC(=O)C(C)Cl)C1CC1. The first-order chi connectivity index (χ1) is 6.56. The van der Waals surface area contributed by atoms with Gasteiger partial charge in [-0.2, -0.15) is 0 Å². The summed E-state index contributed by atoms with van der Waals surface area (Å²) in [5, 5.41) is 1.60. The highest BCUT2D eigenvalue weighted by Gasteiger charge is 2.32. The lowest BCUT2D eigenvalue weighted by atomic mass is 10.4. The number of hydrogen-bond acceptors (Lipinski definition) is 2. The summed E-state index contributed by atoms with van der Waals surface area (Å²) in [6.45, 7) is 4.06. The first kappa shape index (κ1) is 11.3. The number of carbonyl (C=O) groups excluding carboxylic acids is 2. The lowest BCUT2D eigenvalue weighted by molar-refractivity contribution is -0.119. The molecule has 0 aliphatic heterocycles. The molecule has 4 nitrogen and oxygen atoms in total. The van der Waals surface area contributed by atoms with Crippen LogP contribution in [0.3, 0.4) is 0 Å². The van der Waals surface area contributed by atoms with Crippen LogP contribution in [0, 0.1) is 0 Å². The average Bonchev–Trinajstić information content (AvgIpc) is 2.89. The molecule has 14 heavy (non-hydrogen) atoms. The van der Waals surface area contributed by atoms with Gasteiger partial charge in [-0.25, -0.2) is 4.79 Å². The van der Waals surface area contributed by atoms with Crippen LogP contribution in [0.5, 0.6) is 0 Å². The third-order valence-electron chi connectivity index (χ3n) is 2.18. The molecular weight excluding hydrogens is 204 g/mol. The average molecular weight is 219 g/mol. The number of halogens is 1. The van der Waals surface area contributed by atoms with Gasteiger partial charge in [0.15, 0.2) is 0 Å². The lowest BCUT2D eigenvalue weighted by Crippen LogP contribution is -2.45. The Kier molecular flexibility index (Phi) is 3.75. The molecule has 0 saturated heterocycles. The van der Waals surface area contributed by atoms with Gasteiger partial charge in [0.2, 0.25) is 5.91 Å². The van der Waals surface area contributed by atoms with Gasteiger partial charge >= 0.3 is 6.03 Å². The van der Waals surface area contributed by atoms with Crippen LogP contribution < -0.4 is 5.32 Å². The van der Waals surface area contributed by atoms with Crippen LogP contribution in [-0.4, -0.2) is 34.8 Å². The van der Waals surface area contributed by atoms with Crippen molar-refractivity contribution in [2.45, 2.75) is 38.1 Å². The fraction of sp³-hybridized carbons (Fsp3) is 0.778. The van der Waals surface area contributed by atoms with Gasteiger partial charge in [-0.3, -0.25) is 10.1 Å². The quantitative estimate of drug-likeness (QED) is 0.727. The van der Waals surface area contributed by atoms with Crippen molar-refractivity contribution in [2.24, 2.45) is 0 Å². The van der Waals surface area contributed by atoms with Gasteiger partial charge < -0.3 is 4.90 Å². The molecule has 0 aromatic rings. The Labute approximate surface area is 88.6 Å². The number of amides is 3. The molecule has 0 aromatic heterocycles. The maximum atomic E-state index is 11.5. The van der Waals surface area contributed by atoms with E-state index < -0.39 is 11.3 Å². The van der Waals surface area contributed by atoms with Crippen LogP contribution in [0.15, 0.2) is 0 Å². The van der Waals surface area contributed by atoms with Crippen molar-refractivity contribution in [1.29, 1.82) is 0 Å². The molecule has 0 heterocycles. The minimum atomic E-state index is -0.670. The molecule has 1 aliphatic rings. The predicted octanol–water partition coefficient (Wildman–Crippen LogP) is 1.33. The van der Waals surface area contributed by atoms with E-state index in [4.69, 9.17) is 11.6 Å². The minimum Gasteiger partial charge on any atom is -0.322 e. The number of imide groups is 1. The van der Waals surface area contributed by atoms with Crippen molar-refractivity contribution in [3.05, 3.63) is 0 Å². The molecule has 0 spiro atoms. The van der Waals surface area contributed by atoms with Crippen LogP contribution in [0.1, 0.15) is 26.7 Å². The highest BCUT2D eigenvalue weighted by Crippen LogP contribution is 2.26. The van der Waals surface area contributed by atoms with E-state index in [1.165, 1.54) is 6.92 Å². The molecule has 5 heteroatoms. The van der Waals surface area contributed by atoms with Gasteiger partial charge in [-0.05, 0) is 26.7 Å². The van der Waals surface area contributed by atoms with E-state index in [1.54, 1.807) is 4.90 Å². The molecular formula is C9H15ClN2O2. The van der Waals surface area contributed by atoms with Crippen LogP contribution in [0.25, 0.3) is 0 Å². The molecule has 1 fully saturated rings. The molecule has 80 valence electrons. The molecule has 1 saturated carbocycles. The van der Waals surface area contributed by atoms with E-state index in [0.29, 0.717) is 12.6 Å². The van der Waals surface area contributed by atoms with Crippen LogP contribution in [-0.2, 0) is 4.79 Å². The minimum absolute atomic E-state index is 0.318. The fourth-order valence-electron chi connectivity index (χ4n) is 1.23. The van der Waals surface area contributed by atoms with E-state index in [-0.39, 0.29) is 6.03 Å². The maximum Gasteiger partial charge on any atom is 0.324 e. The summed E-state index contributed by atoms with van der Waals surface area (Å²) >= 11 is 5.53. The number of alkyl halides is 1. The summed E-state index contributed by atoms with van der Waals surface area (Å²) in [5.41, 5.74) is 0. The molecule has 1 atom stereocenters. The zero-order valence-corrected chi connectivity index (χ0v) is 9.17. The smallest absolute Gasteiger partial charge is 0.322 e. The Morgan fingerprint density at radius 3 is 2.50 bits per heavy atom. The summed E-state index contributed by atoms with van der Waals surface area (Å²) in [4.78, 5) is 24.3. The van der Waals surface area contributed by atoms with Crippen molar-refractivity contribution in [1.82, 2.24) is 10.2 Å². The molecule has 1 aliphatic carbocycles. The number of urea groups is 1. The number of hydrogen-bond donors (Lipinski definition) is 1. The molecule has 0 bridgehead atoms. The number of rotatable bonds is 3. The summed E-state index contributed by atoms with van der Waals surface area (Å²) in [6, 6.07) is -0.00840. The van der Waals surface area contributed by atoms with Gasteiger partial charge in [0.05, 0.1) is 0 Å². The third-order valence-corrected chi connectivity index (χ3v) is 2.38. The molecule has 1 N–H and O–H groups in total. The second kappa shape index (κ2) is 4.64.